The van der Waals surface area contributed by atoms with Gasteiger partial charge in [0.1, 0.15) is 19.1 Å². The molecule has 1 aromatic rings. The van der Waals surface area contributed by atoms with Crippen molar-refractivity contribution in [1.29, 1.82) is 0 Å². The summed E-state index contributed by atoms with van der Waals surface area (Å²) in [6, 6.07) is 6.82. The van der Waals surface area contributed by atoms with Crippen molar-refractivity contribution in [2.24, 2.45) is 5.92 Å². The number of nitrogens with one attached hydrogen (secondary N) is 1. The molecule has 0 saturated carbocycles. The van der Waals surface area contributed by atoms with Crippen molar-refractivity contribution in [2.45, 2.75) is 50.2 Å². The zero-order valence-electron chi connectivity index (χ0n) is 16.2. The summed E-state index contributed by atoms with van der Waals surface area (Å²) in [4.78, 5) is 29.7. The number of carbonyl (C=O) groups is 2. The summed E-state index contributed by atoms with van der Waals surface area (Å²) in [6.45, 7) is 1.60. The molecule has 0 aliphatic carbocycles. The van der Waals surface area contributed by atoms with Crippen LogP contribution in [-0.2, 0) is 9.59 Å². The first-order valence-corrected chi connectivity index (χ1v) is 10.3. The zero-order valence-corrected chi connectivity index (χ0v) is 16.2. The van der Waals surface area contributed by atoms with Gasteiger partial charge < -0.3 is 24.6 Å². The van der Waals surface area contributed by atoms with Gasteiger partial charge in [0.25, 0.3) is 0 Å². The first kappa shape index (κ1) is 17.8. The third kappa shape index (κ3) is 3.02. The summed E-state index contributed by atoms with van der Waals surface area (Å²) in [5, 5.41) is 3.61. The molecule has 4 aliphatic heterocycles. The molecule has 0 aromatic heterocycles. The lowest BCUT2D eigenvalue weighted by Gasteiger charge is -2.36. The minimum absolute atomic E-state index is 0.0312. The first-order valence-electron chi connectivity index (χ1n) is 10.3. The molecule has 3 atom stereocenters. The molecule has 7 heteroatoms. The molecule has 2 bridgehead atoms. The highest BCUT2D eigenvalue weighted by atomic mass is 16.6. The second kappa shape index (κ2) is 6.95. The van der Waals surface area contributed by atoms with Crippen LogP contribution >= 0.6 is 0 Å². The van der Waals surface area contributed by atoms with Crippen molar-refractivity contribution in [2.75, 3.05) is 31.7 Å². The number of hydrogen-bond donors (Lipinski definition) is 1. The Morgan fingerprint density at radius 3 is 2.57 bits per heavy atom. The van der Waals surface area contributed by atoms with E-state index < -0.39 is 5.92 Å². The first-order chi connectivity index (χ1) is 13.6. The van der Waals surface area contributed by atoms with Gasteiger partial charge in [0, 0.05) is 43.5 Å². The minimum atomic E-state index is -0.578. The standard InChI is InChI=1S/C21H27N3O4/c1-23(16-10-13-2-3-14(11-16)22-13)20(25)17-6-7-24(21(17)26)15-4-5-18-19(12-15)28-9-8-27-18/h4-5,12-14,16-17,22H,2-3,6-11H2,1H3. The van der Waals surface area contributed by atoms with Crippen molar-refractivity contribution in [1.82, 2.24) is 10.2 Å². The highest BCUT2D eigenvalue weighted by Crippen LogP contribution is 2.37. The number of fused-ring (bicyclic) bond motifs is 3. The second-order valence-corrected chi connectivity index (χ2v) is 8.37. The van der Waals surface area contributed by atoms with Gasteiger partial charge in [0.2, 0.25) is 11.8 Å². The third-order valence-corrected chi connectivity index (χ3v) is 6.68. The van der Waals surface area contributed by atoms with Crippen LogP contribution in [0.4, 0.5) is 5.69 Å². The molecule has 1 aromatic carbocycles. The van der Waals surface area contributed by atoms with Crippen LogP contribution in [0.25, 0.3) is 0 Å². The van der Waals surface area contributed by atoms with E-state index in [0.717, 1.165) is 18.5 Å². The van der Waals surface area contributed by atoms with E-state index in [2.05, 4.69) is 5.32 Å². The van der Waals surface area contributed by atoms with Gasteiger partial charge in [0.05, 0.1) is 0 Å². The fourth-order valence-electron chi connectivity index (χ4n) is 5.13. The lowest BCUT2D eigenvalue weighted by Crippen LogP contribution is -2.50. The average Bonchev–Trinajstić information content (AvgIpc) is 3.27. The number of amides is 2. The number of anilines is 1. The van der Waals surface area contributed by atoms with Gasteiger partial charge in [-0.2, -0.15) is 0 Å². The lowest BCUT2D eigenvalue weighted by atomic mass is 9.96. The Balaban J connectivity index is 1.28. The van der Waals surface area contributed by atoms with Gasteiger partial charge in [-0.15, -0.1) is 0 Å². The van der Waals surface area contributed by atoms with E-state index in [-0.39, 0.29) is 17.9 Å². The largest absolute Gasteiger partial charge is 0.486 e. The van der Waals surface area contributed by atoms with Crippen molar-refractivity contribution >= 4 is 17.5 Å². The normalized spacial score (nSPS) is 31.2. The summed E-state index contributed by atoms with van der Waals surface area (Å²) in [5.74, 6) is 0.649. The van der Waals surface area contributed by atoms with E-state index in [1.54, 1.807) is 4.90 Å². The SMILES string of the molecule is CN(C(=O)C1CCN(c2ccc3c(c2)OCCO3)C1=O)C1CC2CCC(C1)N2. The molecule has 3 saturated heterocycles. The molecule has 0 radical (unpaired) electrons. The average molecular weight is 385 g/mol. The Hall–Kier alpha value is -2.28. The number of ether oxygens (including phenoxy) is 2. The van der Waals surface area contributed by atoms with Crippen LogP contribution in [0.2, 0.25) is 0 Å². The Labute approximate surface area is 165 Å². The molecular weight excluding hydrogens is 358 g/mol. The molecule has 7 nitrogen and oxygen atoms in total. The van der Waals surface area contributed by atoms with Crippen LogP contribution in [-0.4, -0.2) is 61.6 Å². The summed E-state index contributed by atoms with van der Waals surface area (Å²) in [7, 11) is 1.87. The van der Waals surface area contributed by atoms with E-state index in [9.17, 15) is 9.59 Å². The monoisotopic (exact) mass is 385 g/mol. The van der Waals surface area contributed by atoms with Gasteiger partial charge in [-0.05, 0) is 44.2 Å². The molecule has 3 unspecified atom stereocenters. The number of carbonyl (C=O) groups excluding carboxylic acids is 2. The summed E-state index contributed by atoms with van der Waals surface area (Å²) >= 11 is 0. The van der Waals surface area contributed by atoms with Crippen LogP contribution in [0.5, 0.6) is 11.5 Å². The van der Waals surface area contributed by atoms with Crippen molar-refractivity contribution < 1.29 is 19.1 Å². The van der Waals surface area contributed by atoms with Crippen LogP contribution in [0, 0.1) is 5.92 Å². The molecular formula is C21H27N3O4. The van der Waals surface area contributed by atoms with Crippen molar-refractivity contribution in [3.05, 3.63) is 18.2 Å². The predicted molar refractivity (Wildman–Crippen MR) is 104 cm³/mol. The van der Waals surface area contributed by atoms with Gasteiger partial charge in [-0.25, -0.2) is 0 Å². The molecule has 4 heterocycles. The zero-order chi connectivity index (χ0) is 19.3. The molecule has 5 rings (SSSR count). The predicted octanol–water partition coefficient (Wildman–Crippen LogP) is 1.55. The van der Waals surface area contributed by atoms with Gasteiger partial charge in [-0.1, -0.05) is 0 Å². The van der Waals surface area contributed by atoms with E-state index in [4.69, 9.17) is 9.47 Å². The van der Waals surface area contributed by atoms with E-state index in [0.29, 0.717) is 49.8 Å². The van der Waals surface area contributed by atoms with E-state index >= 15 is 0 Å². The highest BCUT2D eigenvalue weighted by Gasteiger charge is 2.43. The second-order valence-electron chi connectivity index (χ2n) is 8.37. The lowest BCUT2D eigenvalue weighted by molar-refractivity contribution is -0.141. The van der Waals surface area contributed by atoms with Gasteiger partial charge in [-0.3, -0.25) is 9.59 Å². The maximum Gasteiger partial charge on any atom is 0.239 e. The van der Waals surface area contributed by atoms with Crippen molar-refractivity contribution in [3.8, 4) is 11.5 Å². The summed E-state index contributed by atoms with van der Waals surface area (Å²) < 4.78 is 11.2. The van der Waals surface area contributed by atoms with E-state index in [1.165, 1.54) is 12.8 Å². The Bertz CT molecular complexity index is 786. The third-order valence-electron chi connectivity index (χ3n) is 6.68. The molecule has 1 N–H and O–H groups in total. The summed E-state index contributed by atoms with van der Waals surface area (Å²) in [6.07, 6.45) is 4.94. The van der Waals surface area contributed by atoms with Gasteiger partial charge >= 0.3 is 0 Å². The maximum absolute atomic E-state index is 13.1. The minimum Gasteiger partial charge on any atom is -0.486 e. The van der Waals surface area contributed by atoms with Crippen LogP contribution < -0.4 is 19.7 Å². The quantitative estimate of drug-likeness (QED) is 0.800. The molecule has 0 spiro atoms. The Kier molecular flexibility index (Phi) is 4.42. The number of benzene rings is 1. The highest BCUT2D eigenvalue weighted by molar-refractivity contribution is 6.09. The molecule has 150 valence electrons. The van der Waals surface area contributed by atoms with Crippen molar-refractivity contribution in [3.63, 3.8) is 0 Å². The van der Waals surface area contributed by atoms with Crippen LogP contribution in [0.3, 0.4) is 0 Å². The molecule has 3 fully saturated rings. The molecule has 28 heavy (non-hydrogen) atoms. The fraction of sp³-hybridized carbons (Fsp3) is 0.619. The summed E-state index contributed by atoms with van der Waals surface area (Å²) in [5.41, 5.74) is 0.770. The number of rotatable bonds is 3. The molecule has 4 aliphatic rings. The smallest absolute Gasteiger partial charge is 0.239 e. The number of nitrogens with zero attached hydrogens (tertiary/aromatic N) is 2. The Morgan fingerprint density at radius 1 is 1.11 bits per heavy atom. The molecule has 2 amide bonds. The van der Waals surface area contributed by atoms with E-state index in [1.807, 2.05) is 30.1 Å². The fourth-order valence-corrected chi connectivity index (χ4v) is 5.13. The topological polar surface area (TPSA) is 71.1 Å². The van der Waals surface area contributed by atoms with Crippen LogP contribution in [0.1, 0.15) is 32.1 Å². The van der Waals surface area contributed by atoms with Crippen LogP contribution in [0.15, 0.2) is 18.2 Å². The van der Waals surface area contributed by atoms with Gasteiger partial charge in [0.15, 0.2) is 11.5 Å². The number of piperidine rings is 1. The Morgan fingerprint density at radius 2 is 1.82 bits per heavy atom. The number of hydrogen-bond acceptors (Lipinski definition) is 5. The maximum atomic E-state index is 13.1.